The Morgan fingerprint density at radius 2 is 2.29 bits per heavy atom. The number of nitrogens with zero attached hydrogens (tertiary/aromatic N) is 1. The summed E-state index contributed by atoms with van der Waals surface area (Å²) in [4.78, 5) is 16.3. The number of carbonyl (C=O) groups is 1. The number of hydrogen-bond acceptors (Lipinski definition) is 4. The maximum absolute atomic E-state index is 12.7. The van der Waals surface area contributed by atoms with Crippen LogP contribution in [0.15, 0.2) is 35.7 Å². The van der Waals surface area contributed by atoms with E-state index in [9.17, 15) is 4.79 Å². The Kier molecular flexibility index (Phi) is 5.43. The van der Waals surface area contributed by atoms with Crippen LogP contribution in [0.4, 0.5) is 5.69 Å². The van der Waals surface area contributed by atoms with Gasteiger partial charge in [-0.25, -0.2) is 0 Å². The molecule has 1 saturated heterocycles. The van der Waals surface area contributed by atoms with Crippen molar-refractivity contribution < 1.29 is 9.53 Å². The van der Waals surface area contributed by atoms with Crippen LogP contribution in [0.2, 0.25) is 5.02 Å². The molecule has 128 valence electrons. The second-order valence-corrected chi connectivity index (χ2v) is 7.34. The first-order valence-corrected chi connectivity index (χ1v) is 9.29. The zero-order valence-electron chi connectivity index (χ0n) is 13.8. The SMILES string of the molecule is COc1ccc(Cl)cc1NC(=O)[C@@H](C)N1CCC[C@H]1c1cccs1. The molecule has 2 aromatic rings. The lowest BCUT2D eigenvalue weighted by atomic mass is 10.1. The van der Waals surface area contributed by atoms with Gasteiger partial charge in [0.1, 0.15) is 5.75 Å². The highest BCUT2D eigenvalue weighted by Gasteiger charge is 2.33. The number of methoxy groups -OCH3 is 1. The number of carbonyl (C=O) groups excluding carboxylic acids is 1. The lowest BCUT2D eigenvalue weighted by molar-refractivity contribution is -0.121. The molecule has 4 nitrogen and oxygen atoms in total. The molecule has 0 spiro atoms. The molecule has 0 radical (unpaired) electrons. The van der Waals surface area contributed by atoms with Crippen molar-refractivity contribution in [1.82, 2.24) is 4.90 Å². The summed E-state index contributed by atoms with van der Waals surface area (Å²) in [5.74, 6) is 0.565. The van der Waals surface area contributed by atoms with Crippen LogP contribution in [-0.4, -0.2) is 30.5 Å². The van der Waals surface area contributed by atoms with Gasteiger partial charge in [-0.05, 0) is 56.0 Å². The zero-order valence-corrected chi connectivity index (χ0v) is 15.4. The van der Waals surface area contributed by atoms with Gasteiger partial charge in [-0.3, -0.25) is 9.69 Å². The van der Waals surface area contributed by atoms with Gasteiger partial charge in [0.05, 0.1) is 18.8 Å². The lowest BCUT2D eigenvalue weighted by Crippen LogP contribution is -2.41. The van der Waals surface area contributed by atoms with Gasteiger partial charge < -0.3 is 10.1 Å². The van der Waals surface area contributed by atoms with Crippen LogP contribution in [0.25, 0.3) is 0 Å². The van der Waals surface area contributed by atoms with Crippen molar-refractivity contribution in [3.8, 4) is 5.75 Å². The van der Waals surface area contributed by atoms with Gasteiger partial charge in [0, 0.05) is 15.9 Å². The fourth-order valence-electron chi connectivity index (χ4n) is 3.20. The molecule has 1 aromatic carbocycles. The van der Waals surface area contributed by atoms with Gasteiger partial charge in [0.25, 0.3) is 0 Å². The van der Waals surface area contributed by atoms with Crippen LogP contribution in [0, 0.1) is 0 Å². The van der Waals surface area contributed by atoms with E-state index in [1.54, 1.807) is 36.6 Å². The molecule has 2 atom stereocenters. The number of ether oxygens (including phenoxy) is 1. The highest BCUT2D eigenvalue weighted by molar-refractivity contribution is 7.10. The summed E-state index contributed by atoms with van der Waals surface area (Å²) in [5.41, 5.74) is 0.605. The number of nitrogens with one attached hydrogen (secondary N) is 1. The second kappa shape index (κ2) is 7.55. The first-order chi connectivity index (χ1) is 11.6. The number of anilines is 1. The van der Waals surface area contributed by atoms with Crippen molar-refractivity contribution >= 4 is 34.5 Å². The van der Waals surface area contributed by atoms with E-state index in [4.69, 9.17) is 16.3 Å². The highest BCUT2D eigenvalue weighted by Crippen LogP contribution is 2.36. The zero-order chi connectivity index (χ0) is 17.1. The minimum absolute atomic E-state index is 0.0426. The molecule has 0 saturated carbocycles. The van der Waals surface area contributed by atoms with Crippen LogP contribution in [0.1, 0.15) is 30.7 Å². The van der Waals surface area contributed by atoms with E-state index >= 15 is 0 Å². The van der Waals surface area contributed by atoms with E-state index < -0.39 is 0 Å². The van der Waals surface area contributed by atoms with E-state index in [0.29, 0.717) is 22.5 Å². The number of benzene rings is 1. The molecule has 1 N–H and O–H groups in total. The number of likely N-dealkylation sites (tertiary alicyclic amines) is 1. The molecule has 24 heavy (non-hydrogen) atoms. The van der Waals surface area contributed by atoms with Gasteiger partial charge in [-0.1, -0.05) is 17.7 Å². The first-order valence-electron chi connectivity index (χ1n) is 8.03. The van der Waals surface area contributed by atoms with Crippen molar-refractivity contribution in [2.45, 2.75) is 31.8 Å². The topological polar surface area (TPSA) is 41.6 Å². The summed E-state index contributed by atoms with van der Waals surface area (Å²) >= 11 is 7.79. The molecule has 6 heteroatoms. The predicted molar refractivity (Wildman–Crippen MR) is 99.1 cm³/mol. The number of thiophene rings is 1. The Bertz CT molecular complexity index is 705. The number of halogens is 1. The minimum atomic E-state index is -0.219. The fourth-order valence-corrected chi connectivity index (χ4v) is 4.26. The van der Waals surface area contributed by atoms with Crippen molar-refractivity contribution in [2.24, 2.45) is 0 Å². The van der Waals surface area contributed by atoms with E-state index in [1.165, 1.54) is 4.88 Å². The molecule has 1 aromatic heterocycles. The van der Waals surface area contributed by atoms with E-state index in [1.807, 2.05) is 6.92 Å². The van der Waals surface area contributed by atoms with Crippen molar-refractivity contribution in [1.29, 1.82) is 0 Å². The van der Waals surface area contributed by atoms with Gasteiger partial charge in [-0.2, -0.15) is 0 Å². The van der Waals surface area contributed by atoms with Gasteiger partial charge in [0.2, 0.25) is 5.91 Å². The Morgan fingerprint density at radius 1 is 1.46 bits per heavy atom. The van der Waals surface area contributed by atoms with Gasteiger partial charge >= 0.3 is 0 Å². The quantitative estimate of drug-likeness (QED) is 0.844. The third-order valence-corrected chi connectivity index (χ3v) is 5.67. The summed E-state index contributed by atoms with van der Waals surface area (Å²) in [7, 11) is 1.58. The van der Waals surface area contributed by atoms with Crippen molar-refractivity contribution in [3.05, 3.63) is 45.6 Å². The summed E-state index contributed by atoms with van der Waals surface area (Å²) < 4.78 is 5.30. The third-order valence-electron chi connectivity index (χ3n) is 4.46. The number of rotatable bonds is 5. The molecular formula is C18H21ClN2O2S. The minimum Gasteiger partial charge on any atom is -0.495 e. The molecule has 3 rings (SSSR count). The monoisotopic (exact) mass is 364 g/mol. The van der Waals surface area contributed by atoms with E-state index in [-0.39, 0.29) is 11.9 Å². The molecule has 0 bridgehead atoms. The fraction of sp³-hybridized carbons (Fsp3) is 0.389. The predicted octanol–water partition coefficient (Wildman–Crippen LogP) is 4.57. The molecule has 0 aliphatic carbocycles. The average Bonchev–Trinajstić information content (AvgIpc) is 3.25. The Hall–Kier alpha value is -1.56. The molecule has 0 unspecified atom stereocenters. The van der Waals surface area contributed by atoms with Crippen LogP contribution in [-0.2, 0) is 4.79 Å². The molecule has 1 amide bonds. The second-order valence-electron chi connectivity index (χ2n) is 5.92. The average molecular weight is 365 g/mol. The Labute approximate surface area is 151 Å². The summed E-state index contributed by atoms with van der Waals surface area (Å²) in [6.45, 7) is 2.89. The number of hydrogen-bond donors (Lipinski definition) is 1. The molecule has 1 aliphatic heterocycles. The summed E-state index contributed by atoms with van der Waals surface area (Å²) in [6, 6.07) is 9.54. The largest absolute Gasteiger partial charge is 0.495 e. The third kappa shape index (κ3) is 3.58. The Balaban J connectivity index is 1.74. The van der Waals surface area contributed by atoms with Crippen LogP contribution in [0.5, 0.6) is 5.75 Å². The maximum atomic E-state index is 12.7. The Morgan fingerprint density at radius 3 is 3.00 bits per heavy atom. The van der Waals surface area contributed by atoms with E-state index in [0.717, 1.165) is 19.4 Å². The van der Waals surface area contributed by atoms with Gasteiger partial charge in [0.15, 0.2) is 0 Å². The normalized spacial score (nSPS) is 19.2. The van der Waals surface area contributed by atoms with Crippen molar-refractivity contribution in [2.75, 3.05) is 19.0 Å². The van der Waals surface area contributed by atoms with Crippen LogP contribution in [0.3, 0.4) is 0 Å². The van der Waals surface area contributed by atoms with Gasteiger partial charge in [-0.15, -0.1) is 11.3 Å². The maximum Gasteiger partial charge on any atom is 0.241 e. The lowest BCUT2D eigenvalue weighted by Gasteiger charge is -2.29. The molecule has 1 aliphatic rings. The summed E-state index contributed by atoms with van der Waals surface area (Å²) in [5, 5.41) is 5.61. The number of amides is 1. The van der Waals surface area contributed by atoms with Crippen LogP contribution >= 0.6 is 22.9 Å². The molecule has 2 heterocycles. The first kappa shape index (κ1) is 17.3. The standard InChI is InChI=1S/C18H21ClN2O2S/c1-12(21-9-3-5-15(21)17-6-4-10-24-17)18(22)20-14-11-13(19)7-8-16(14)23-2/h4,6-8,10-12,15H,3,5,9H2,1-2H3,(H,20,22)/t12-,15+/m1/s1. The smallest absolute Gasteiger partial charge is 0.241 e. The molecule has 1 fully saturated rings. The van der Waals surface area contributed by atoms with E-state index in [2.05, 4.69) is 27.7 Å². The van der Waals surface area contributed by atoms with Crippen LogP contribution < -0.4 is 10.1 Å². The summed E-state index contributed by atoms with van der Waals surface area (Å²) in [6.07, 6.45) is 2.21. The highest BCUT2D eigenvalue weighted by atomic mass is 35.5. The molecular weight excluding hydrogens is 344 g/mol. The van der Waals surface area contributed by atoms with Crippen molar-refractivity contribution in [3.63, 3.8) is 0 Å².